The van der Waals surface area contributed by atoms with Gasteiger partial charge in [0.1, 0.15) is 5.76 Å². The van der Waals surface area contributed by atoms with E-state index in [2.05, 4.69) is 0 Å². The van der Waals surface area contributed by atoms with Gasteiger partial charge in [-0.15, -0.1) is 0 Å². The fourth-order valence-corrected chi connectivity index (χ4v) is 5.32. The van der Waals surface area contributed by atoms with Gasteiger partial charge < -0.3 is 9.32 Å². The Morgan fingerprint density at radius 1 is 0.941 bits per heavy atom. The zero-order valence-electron chi connectivity index (χ0n) is 18.7. The van der Waals surface area contributed by atoms with E-state index < -0.39 is 10.0 Å². The smallest absolute Gasteiger partial charge is 0.243 e. The van der Waals surface area contributed by atoms with Crippen molar-refractivity contribution in [2.45, 2.75) is 18.0 Å². The Balaban J connectivity index is 1.37. The molecule has 0 aliphatic carbocycles. The highest BCUT2D eigenvalue weighted by Crippen LogP contribution is 2.19. The Bertz CT molecular complexity index is 1230. The lowest BCUT2D eigenvalue weighted by molar-refractivity contribution is -0.134. The van der Waals surface area contributed by atoms with Crippen LogP contribution in [0.5, 0.6) is 0 Å². The summed E-state index contributed by atoms with van der Waals surface area (Å²) >= 11 is 0. The van der Waals surface area contributed by atoms with E-state index in [1.54, 1.807) is 17.2 Å². The van der Waals surface area contributed by atoms with E-state index in [0.29, 0.717) is 50.6 Å². The van der Waals surface area contributed by atoms with E-state index in [0.717, 1.165) is 5.56 Å². The molecule has 0 bridgehead atoms. The molecule has 1 aliphatic heterocycles. The van der Waals surface area contributed by atoms with Gasteiger partial charge in [-0.25, -0.2) is 8.42 Å². The lowest BCUT2D eigenvalue weighted by Gasteiger charge is -2.34. The second-order valence-corrected chi connectivity index (χ2v) is 10.1. The predicted octanol–water partition coefficient (Wildman–Crippen LogP) is 2.69. The van der Waals surface area contributed by atoms with E-state index >= 15 is 0 Å². The molecule has 0 spiro atoms. The van der Waals surface area contributed by atoms with Gasteiger partial charge in [0.15, 0.2) is 0 Å². The zero-order chi connectivity index (χ0) is 24.0. The first-order chi connectivity index (χ1) is 16.5. The second kappa shape index (κ2) is 10.7. The SMILES string of the molecule is N#Cc1ccc(S(=O)(=O)N2CCN(CC(=O)N(Cc3ccccc3)Cc3ccco3)CC2)cc1. The summed E-state index contributed by atoms with van der Waals surface area (Å²) in [5.74, 6) is 0.672. The van der Waals surface area contributed by atoms with Gasteiger partial charge in [0, 0.05) is 32.7 Å². The van der Waals surface area contributed by atoms with Crippen LogP contribution in [0.15, 0.2) is 82.3 Å². The lowest BCUT2D eigenvalue weighted by Crippen LogP contribution is -2.51. The molecule has 4 rings (SSSR count). The average molecular weight is 479 g/mol. The van der Waals surface area contributed by atoms with Gasteiger partial charge in [-0.3, -0.25) is 9.69 Å². The molecule has 1 aliphatic rings. The lowest BCUT2D eigenvalue weighted by atomic mass is 10.2. The number of nitrogens with zero attached hydrogens (tertiary/aromatic N) is 4. The fourth-order valence-electron chi connectivity index (χ4n) is 3.90. The average Bonchev–Trinajstić information content (AvgIpc) is 3.38. The van der Waals surface area contributed by atoms with Crippen molar-refractivity contribution in [1.82, 2.24) is 14.1 Å². The number of rotatable bonds is 8. The van der Waals surface area contributed by atoms with Crippen LogP contribution in [0.1, 0.15) is 16.9 Å². The van der Waals surface area contributed by atoms with Crippen molar-refractivity contribution in [2.75, 3.05) is 32.7 Å². The van der Waals surface area contributed by atoms with Gasteiger partial charge in [0.05, 0.1) is 35.9 Å². The van der Waals surface area contributed by atoms with Crippen LogP contribution in [-0.2, 0) is 27.9 Å². The first-order valence-corrected chi connectivity index (χ1v) is 12.5. The maximum Gasteiger partial charge on any atom is 0.243 e. The largest absolute Gasteiger partial charge is 0.467 e. The highest BCUT2D eigenvalue weighted by Gasteiger charge is 2.30. The molecule has 0 atom stereocenters. The number of benzene rings is 2. The molecule has 2 aromatic carbocycles. The molecular weight excluding hydrogens is 452 g/mol. The standard InChI is InChI=1S/C25H26N4O4S/c26-17-21-8-10-24(11-9-21)34(31,32)29-14-12-27(13-15-29)20-25(30)28(19-23-7-4-16-33-23)18-22-5-2-1-3-6-22/h1-11,16H,12-15,18-20H2. The molecule has 3 aromatic rings. The molecule has 0 radical (unpaired) electrons. The molecule has 0 saturated carbocycles. The summed E-state index contributed by atoms with van der Waals surface area (Å²) in [5.41, 5.74) is 1.44. The maximum absolute atomic E-state index is 13.2. The molecule has 1 aromatic heterocycles. The third kappa shape index (κ3) is 5.72. The maximum atomic E-state index is 13.2. The number of amides is 1. The summed E-state index contributed by atoms with van der Waals surface area (Å²) in [4.78, 5) is 17.1. The topological polar surface area (TPSA) is 97.9 Å². The van der Waals surface area contributed by atoms with Crippen LogP contribution in [0.2, 0.25) is 0 Å². The number of furan rings is 1. The molecule has 9 heteroatoms. The van der Waals surface area contributed by atoms with Gasteiger partial charge in [0.25, 0.3) is 0 Å². The van der Waals surface area contributed by atoms with Crippen molar-refractivity contribution < 1.29 is 17.6 Å². The van der Waals surface area contributed by atoms with Gasteiger partial charge in [0.2, 0.25) is 15.9 Å². The second-order valence-electron chi connectivity index (χ2n) is 8.13. The Morgan fingerprint density at radius 3 is 2.26 bits per heavy atom. The van der Waals surface area contributed by atoms with Gasteiger partial charge >= 0.3 is 0 Å². The molecule has 8 nitrogen and oxygen atoms in total. The number of sulfonamides is 1. The first-order valence-electron chi connectivity index (χ1n) is 11.0. The molecule has 0 N–H and O–H groups in total. The molecule has 34 heavy (non-hydrogen) atoms. The van der Waals surface area contributed by atoms with Crippen molar-refractivity contribution in [3.63, 3.8) is 0 Å². The Hall–Kier alpha value is -3.45. The van der Waals surface area contributed by atoms with Crippen LogP contribution in [-0.4, -0.2) is 61.2 Å². The molecule has 1 fully saturated rings. The Labute approximate surface area is 199 Å². The molecule has 176 valence electrons. The Kier molecular flexibility index (Phi) is 7.43. The summed E-state index contributed by atoms with van der Waals surface area (Å²) in [6.07, 6.45) is 1.59. The van der Waals surface area contributed by atoms with Crippen molar-refractivity contribution in [3.8, 4) is 6.07 Å². The summed E-state index contributed by atoms with van der Waals surface area (Å²) in [5, 5.41) is 8.92. The third-order valence-electron chi connectivity index (χ3n) is 5.81. The summed E-state index contributed by atoms with van der Waals surface area (Å²) in [7, 11) is -3.64. The van der Waals surface area contributed by atoms with Crippen LogP contribution in [0, 0.1) is 11.3 Å². The summed E-state index contributed by atoms with van der Waals surface area (Å²) in [6.45, 7) is 2.56. The molecule has 1 saturated heterocycles. The number of hydrogen-bond donors (Lipinski definition) is 0. The molecule has 1 amide bonds. The van der Waals surface area contributed by atoms with Crippen molar-refractivity contribution in [1.29, 1.82) is 5.26 Å². The molecule has 0 unspecified atom stereocenters. The normalized spacial score (nSPS) is 15.0. The monoisotopic (exact) mass is 478 g/mol. The highest BCUT2D eigenvalue weighted by atomic mass is 32.2. The van der Waals surface area contributed by atoms with E-state index in [4.69, 9.17) is 9.68 Å². The van der Waals surface area contributed by atoms with Crippen molar-refractivity contribution in [3.05, 3.63) is 89.9 Å². The zero-order valence-corrected chi connectivity index (χ0v) is 19.5. The minimum atomic E-state index is -3.64. The highest BCUT2D eigenvalue weighted by molar-refractivity contribution is 7.89. The minimum absolute atomic E-state index is 0.0383. The molecular formula is C25H26N4O4S. The quantitative estimate of drug-likeness (QED) is 0.494. The molecule has 2 heterocycles. The van der Waals surface area contributed by atoms with Crippen LogP contribution in [0.3, 0.4) is 0 Å². The van der Waals surface area contributed by atoms with Crippen LogP contribution >= 0.6 is 0 Å². The first kappa shape index (κ1) is 23.7. The summed E-state index contributed by atoms with van der Waals surface area (Å²) < 4.78 is 32.8. The van der Waals surface area contributed by atoms with Crippen LogP contribution in [0.25, 0.3) is 0 Å². The number of nitriles is 1. The van der Waals surface area contributed by atoms with Gasteiger partial charge in [-0.1, -0.05) is 30.3 Å². The fraction of sp³-hybridized carbons (Fsp3) is 0.280. The number of piperazine rings is 1. The van der Waals surface area contributed by atoms with E-state index in [1.807, 2.05) is 47.4 Å². The van der Waals surface area contributed by atoms with Crippen molar-refractivity contribution in [2.24, 2.45) is 0 Å². The number of carbonyl (C=O) groups excluding carboxylic acids is 1. The predicted molar refractivity (Wildman–Crippen MR) is 126 cm³/mol. The third-order valence-corrected chi connectivity index (χ3v) is 7.72. The Morgan fingerprint density at radius 2 is 1.65 bits per heavy atom. The van der Waals surface area contributed by atoms with Crippen LogP contribution < -0.4 is 0 Å². The van der Waals surface area contributed by atoms with E-state index in [-0.39, 0.29) is 17.3 Å². The van der Waals surface area contributed by atoms with E-state index in [1.165, 1.54) is 28.6 Å². The van der Waals surface area contributed by atoms with E-state index in [9.17, 15) is 13.2 Å². The van der Waals surface area contributed by atoms with Gasteiger partial charge in [-0.05, 0) is 42.0 Å². The van der Waals surface area contributed by atoms with Gasteiger partial charge in [-0.2, -0.15) is 9.57 Å². The van der Waals surface area contributed by atoms with Crippen LogP contribution in [0.4, 0.5) is 0 Å². The van der Waals surface area contributed by atoms with Crippen molar-refractivity contribution >= 4 is 15.9 Å². The number of hydrogen-bond acceptors (Lipinski definition) is 6. The minimum Gasteiger partial charge on any atom is -0.467 e. The summed E-state index contributed by atoms with van der Waals surface area (Å²) in [6, 6.07) is 21.3. The number of carbonyl (C=O) groups is 1.